The molecule has 112 valence electrons. The molecule has 1 N–H and O–H groups in total. The van der Waals surface area contributed by atoms with Crippen LogP contribution >= 0.6 is 0 Å². The highest BCUT2D eigenvalue weighted by atomic mass is 16.5. The van der Waals surface area contributed by atoms with Gasteiger partial charge in [0.05, 0.1) is 7.11 Å². The van der Waals surface area contributed by atoms with Gasteiger partial charge in [-0.2, -0.15) is 0 Å². The van der Waals surface area contributed by atoms with E-state index in [-0.39, 0.29) is 6.04 Å². The third kappa shape index (κ3) is 2.83. The number of rotatable bonds is 5. The van der Waals surface area contributed by atoms with Gasteiger partial charge in [-0.1, -0.05) is 60.7 Å². The number of hydrogen-bond acceptors (Lipinski definition) is 2. The summed E-state index contributed by atoms with van der Waals surface area (Å²) >= 11 is 0. The van der Waals surface area contributed by atoms with Crippen LogP contribution in [0.25, 0.3) is 10.8 Å². The molecular formula is C20H21NO. The van der Waals surface area contributed by atoms with Gasteiger partial charge < -0.3 is 10.1 Å². The van der Waals surface area contributed by atoms with E-state index in [4.69, 9.17) is 4.74 Å². The van der Waals surface area contributed by atoms with Gasteiger partial charge in [0.25, 0.3) is 0 Å². The van der Waals surface area contributed by atoms with E-state index < -0.39 is 0 Å². The summed E-state index contributed by atoms with van der Waals surface area (Å²) in [6, 6.07) is 23.5. The fraction of sp³-hybridized carbons (Fsp3) is 0.200. The van der Waals surface area contributed by atoms with E-state index in [9.17, 15) is 0 Å². The van der Waals surface area contributed by atoms with Crippen molar-refractivity contribution in [2.24, 2.45) is 0 Å². The Balaban J connectivity index is 2.04. The lowest BCUT2D eigenvalue weighted by molar-refractivity contribution is 0.419. The summed E-state index contributed by atoms with van der Waals surface area (Å²) in [5.74, 6) is 0.925. The van der Waals surface area contributed by atoms with Gasteiger partial charge in [0.2, 0.25) is 0 Å². The fourth-order valence-corrected chi connectivity index (χ4v) is 2.99. The molecule has 0 aliphatic rings. The van der Waals surface area contributed by atoms with Crippen molar-refractivity contribution < 1.29 is 4.74 Å². The fourth-order valence-electron chi connectivity index (χ4n) is 2.99. The van der Waals surface area contributed by atoms with E-state index in [1.165, 1.54) is 16.5 Å². The van der Waals surface area contributed by atoms with E-state index >= 15 is 0 Å². The Labute approximate surface area is 131 Å². The average molecular weight is 291 g/mol. The smallest absolute Gasteiger partial charge is 0.126 e. The molecule has 0 aromatic heterocycles. The molecule has 0 fully saturated rings. The summed E-state index contributed by atoms with van der Waals surface area (Å²) in [6.45, 7) is 0. The largest absolute Gasteiger partial charge is 0.496 e. The average Bonchev–Trinajstić information content (AvgIpc) is 2.60. The molecule has 0 unspecified atom stereocenters. The van der Waals surface area contributed by atoms with Gasteiger partial charge in [0, 0.05) is 11.4 Å². The number of methoxy groups -OCH3 is 1. The van der Waals surface area contributed by atoms with Gasteiger partial charge in [-0.15, -0.1) is 0 Å². The zero-order valence-electron chi connectivity index (χ0n) is 13.0. The highest BCUT2D eigenvalue weighted by Gasteiger charge is 2.15. The van der Waals surface area contributed by atoms with Crippen LogP contribution < -0.4 is 10.1 Å². The first-order chi connectivity index (χ1) is 10.8. The molecule has 0 heterocycles. The summed E-state index contributed by atoms with van der Waals surface area (Å²) in [6.07, 6.45) is 0.966. The molecular weight excluding hydrogens is 270 g/mol. The lowest BCUT2D eigenvalue weighted by Gasteiger charge is -2.20. The highest BCUT2D eigenvalue weighted by Crippen LogP contribution is 2.32. The molecule has 1 atom stereocenters. The van der Waals surface area contributed by atoms with Crippen LogP contribution in [0.1, 0.15) is 17.2 Å². The molecule has 3 aromatic rings. The minimum atomic E-state index is 0.276. The molecule has 0 saturated carbocycles. The lowest BCUT2D eigenvalue weighted by atomic mass is 9.94. The SMILES string of the molecule is CN[C@H](Cc1ccccc1)c1ccc(OC)c2ccccc12. The molecule has 0 aliphatic carbocycles. The van der Waals surface area contributed by atoms with E-state index in [2.05, 4.69) is 72.0 Å². The minimum absolute atomic E-state index is 0.276. The summed E-state index contributed by atoms with van der Waals surface area (Å²) in [5, 5.41) is 5.87. The Hall–Kier alpha value is -2.32. The van der Waals surface area contributed by atoms with Crippen LogP contribution in [0.2, 0.25) is 0 Å². The molecule has 0 saturated heterocycles. The van der Waals surface area contributed by atoms with Crippen molar-refractivity contribution in [3.8, 4) is 5.75 Å². The van der Waals surface area contributed by atoms with Crippen LogP contribution in [-0.4, -0.2) is 14.2 Å². The van der Waals surface area contributed by atoms with Crippen LogP contribution in [0.5, 0.6) is 5.75 Å². The van der Waals surface area contributed by atoms with E-state index in [1.54, 1.807) is 7.11 Å². The first-order valence-corrected chi connectivity index (χ1v) is 7.60. The summed E-state index contributed by atoms with van der Waals surface area (Å²) in [4.78, 5) is 0. The number of ether oxygens (including phenoxy) is 1. The molecule has 3 aromatic carbocycles. The second-order valence-electron chi connectivity index (χ2n) is 5.43. The number of fused-ring (bicyclic) bond motifs is 1. The lowest BCUT2D eigenvalue weighted by Crippen LogP contribution is -2.19. The maximum absolute atomic E-state index is 5.49. The van der Waals surface area contributed by atoms with Crippen molar-refractivity contribution in [1.82, 2.24) is 5.32 Å². The molecule has 2 nitrogen and oxygen atoms in total. The minimum Gasteiger partial charge on any atom is -0.496 e. The van der Waals surface area contributed by atoms with Crippen molar-refractivity contribution >= 4 is 10.8 Å². The second-order valence-corrected chi connectivity index (χ2v) is 5.43. The molecule has 0 radical (unpaired) electrons. The predicted octanol–water partition coefficient (Wildman–Crippen LogP) is 4.35. The number of nitrogens with one attached hydrogen (secondary N) is 1. The van der Waals surface area contributed by atoms with Gasteiger partial charge >= 0.3 is 0 Å². The monoisotopic (exact) mass is 291 g/mol. The quantitative estimate of drug-likeness (QED) is 0.754. The predicted molar refractivity (Wildman–Crippen MR) is 92.4 cm³/mol. The van der Waals surface area contributed by atoms with Crippen LogP contribution in [0.4, 0.5) is 0 Å². The molecule has 0 amide bonds. The third-order valence-corrected chi connectivity index (χ3v) is 4.14. The molecule has 3 rings (SSSR count). The Morgan fingerprint density at radius 3 is 2.23 bits per heavy atom. The van der Waals surface area contributed by atoms with Gasteiger partial charge in [0.15, 0.2) is 0 Å². The van der Waals surface area contributed by atoms with Crippen LogP contribution in [0.3, 0.4) is 0 Å². The summed E-state index contributed by atoms with van der Waals surface area (Å²) in [7, 11) is 3.74. The Morgan fingerprint density at radius 2 is 1.55 bits per heavy atom. The zero-order valence-corrected chi connectivity index (χ0v) is 13.0. The van der Waals surface area contributed by atoms with Crippen molar-refractivity contribution in [3.05, 3.63) is 77.9 Å². The molecule has 0 aliphatic heterocycles. The summed E-state index contributed by atoms with van der Waals surface area (Å²) < 4.78 is 5.49. The molecule has 0 bridgehead atoms. The van der Waals surface area contributed by atoms with Gasteiger partial charge in [-0.05, 0) is 36.0 Å². The van der Waals surface area contributed by atoms with E-state index in [1.807, 2.05) is 7.05 Å². The standard InChI is InChI=1S/C20H21NO/c1-21-19(14-15-8-4-3-5-9-15)17-12-13-20(22-2)18-11-7-6-10-16(17)18/h3-13,19,21H,14H2,1-2H3/t19-/m1/s1. The first kappa shape index (κ1) is 14.6. The van der Waals surface area contributed by atoms with E-state index in [0.29, 0.717) is 0 Å². The molecule has 2 heteroatoms. The van der Waals surface area contributed by atoms with Crippen molar-refractivity contribution in [3.63, 3.8) is 0 Å². The highest BCUT2D eigenvalue weighted by molar-refractivity contribution is 5.91. The summed E-state index contributed by atoms with van der Waals surface area (Å²) in [5.41, 5.74) is 2.64. The van der Waals surface area contributed by atoms with Crippen molar-refractivity contribution in [1.29, 1.82) is 0 Å². The molecule has 0 spiro atoms. The van der Waals surface area contributed by atoms with Gasteiger partial charge in [0.1, 0.15) is 5.75 Å². The van der Waals surface area contributed by atoms with Crippen LogP contribution in [0, 0.1) is 0 Å². The topological polar surface area (TPSA) is 21.3 Å². The Bertz CT molecular complexity index is 752. The second kappa shape index (κ2) is 6.63. The molecule has 22 heavy (non-hydrogen) atoms. The number of hydrogen-bond donors (Lipinski definition) is 1. The van der Waals surface area contributed by atoms with Crippen molar-refractivity contribution in [2.75, 3.05) is 14.2 Å². The number of likely N-dealkylation sites (N-methyl/N-ethyl adjacent to an activating group) is 1. The number of benzene rings is 3. The maximum Gasteiger partial charge on any atom is 0.126 e. The Kier molecular flexibility index (Phi) is 4.40. The normalized spacial score (nSPS) is 12.3. The van der Waals surface area contributed by atoms with Crippen molar-refractivity contribution in [2.45, 2.75) is 12.5 Å². The maximum atomic E-state index is 5.49. The van der Waals surface area contributed by atoms with Gasteiger partial charge in [-0.3, -0.25) is 0 Å². The Morgan fingerprint density at radius 1 is 0.864 bits per heavy atom. The van der Waals surface area contributed by atoms with Crippen LogP contribution in [0.15, 0.2) is 66.7 Å². The van der Waals surface area contributed by atoms with Gasteiger partial charge in [-0.25, -0.2) is 0 Å². The third-order valence-electron chi connectivity index (χ3n) is 4.14. The first-order valence-electron chi connectivity index (χ1n) is 7.60. The zero-order chi connectivity index (χ0) is 15.4. The van der Waals surface area contributed by atoms with Crippen LogP contribution in [-0.2, 0) is 6.42 Å². The van der Waals surface area contributed by atoms with E-state index in [0.717, 1.165) is 17.6 Å².